The van der Waals surface area contributed by atoms with Gasteiger partial charge in [-0.3, -0.25) is 0 Å². The van der Waals surface area contributed by atoms with Crippen molar-refractivity contribution in [3.05, 3.63) is 41.0 Å². The van der Waals surface area contributed by atoms with E-state index in [1.54, 1.807) is 0 Å². The van der Waals surface area contributed by atoms with Crippen LogP contribution < -0.4 is 0 Å². The van der Waals surface area contributed by atoms with Crippen molar-refractivity contribution in [3.63, 3.8) is 0 Å². The highest BCUT2D eigenvalue weighted by Gasteiger charge is 1.95. The molecule has 1 aromatic rings. The van der Waals surface area contributed by atoms with Crippen molar-refractivity contribution >= 4 is 6.08 Å². The third-order valence-corrected chi connectivity index (χ3v) is 2.09. The molecule has 0 aliphatic rings. The van der Waals surface area contributed by atoms with E-state index >= 15 is 0 Å². The van der Waals surface area contributed by atoms with Crippen LogP contribution in [0.1, 0.15) is 25.0 Å². The van der Waals surface area contributed by atoms with Crippen molar-refractivity contribution in [2.24, 2.45) is 0 Å². The fourth-order valence-corrected chi connectivity index (χ4v) is 1.31. The summed E-state index contributed by atoms with van der Waals surface area (Å²) >= 11 is 0. The van der Waals surface area contributed by atoms with E-state index in [2.05, 4.69) is 19.1 Å². The molecule has 13 heavy (non-hydrogen) atoms. The number of aliphatic hydroxyl groups excluding tert-OH is 1. The zero-order chi connectivity index (χ0) is 9.68. The van der Waals surface area contributed by atoms with Crippen molar-refractivity contribution in [1.82, 2.24) is 0 Å². The lowest BCUT2D eigenvalue weighted by molar-refractivity contribution is 0.332. The van der Waals surface area contributed by atoms with Crippen molar-refractivity contribution < 1.29 is 5.11 Å². The Kier molecular flexibility index (Phi) is 3.71. The number of benzene rings is 1. The fourth-order valence-electron chi connectivity index (χ4n) is 1.31. The van der Waals surface area contributed by atoms with Gasteiger partial charge in [-0.25, -0.2) is 0 Å². The Morgan fingerprint density at radius 1 is 1.38 bits per heavy atom. The van der Waals surface area contributed by atoms with Crippen LogP contribution in [-0.4, -0.2) is 11.7 Å². The average Bonchev–Trinajstić information content (AvgIpc) is 2.18. The highest BCUT2D eigenvalue weighted by atomic mass is 16.3. The van der Waals surface area contributed by atoms with E-state index in [1.165, 1.54) is 11.1 Å². The molecule has 0 saturated heterocycles. The second-order valence-corrected chi connectivity index (χ2v) is 3.20. The molecule has 0 bridgehead atoms. The van der Waals surface area contributed by atoms with Crippen LogP contribution >= 0.6 is 0 Å². The molecule has 0 aliphatic heterocycles. The van der Waals surface area contributed by atoms with Gasteiger partial charge in [-0.2, -0.15) is 0 Å². The molecule has 0 fully saturated rings. The first-order chi connectivity index (χ1) is 6.27. The van der Waals surface area contributed by atoms with Gasteiger partial charge >= 0.3 is 0 Å². The van der Waals surface area contributed by atoms with E-state index in [1.807, 2.05) is 25.1 Å². The molecule has 0 spiro atoms. The molecular weight excluding hydrogens is 160 g/mol. The average molecular weight is 176 g/mol. The Morgan fingerprint density at radius 3 is 2.69 bits per heavy atom. The maximum Gasteiger partial charge on any atom is 0.0642 e. The summed E-state index contributed by atoms with van der Waals surface area (Å²) in [7, 11) is 0. The molecule has 0 aliphatic carbocycles. The van der Waals surface area contributed by atoms with Crippen molar-refractivity contribution in [2.75, 3.05) is 6.61 Å². The molecule has 1 nitrogen and oxygen atoms in total. The molecule has 1 aromatic carbocycles. The molecule has 0 radical (unpaired) electrons. The zero-order valence-corrected chi connectivity index (χ0v) is 8.25. The Bertz CT molecular complexity index is 300. The molecule has 1 rings (SSSR count). The third-order valence-electron chi connectivity index (χ3n) is 2.09. The van der Waals surface area contributed by atoms with E-state index in [0.717, 1.165) is 12.0 Å². The first-order valence-electron chi connectivity index (χ1n) is 4.64. The number of rotatable bonds is 3. The van der Waals surface area contributed by atoms with E-state index < -0.39 is 0 Å². The minimum Gasteiger partial charge on any atom is -0.392 e. The Hall–Kier alpha value is -1.08. The molecule has 1 heteroatoms. The first-order valence-corrected chi connectivity index (χ1v) is 4.64. The predicted molar refractivity (Wildman–Crippen MR) is 56.6 cm³/mol. The molecule has 0 unspecified atom stereocenters. The topological polar surface area (TPSA) is 20.2 Å². The number of hydrogen-bond acceptors (Lipinski definition) is 1. The lowest BCUT2D eigenvalue weighted by atomic mass is 10.0. The van der Waals surface area contributed by atoms with Gasteiger partial charge in [0.2, 0.25) is 0 Å². The summed E-state index contributed by atoms with van der Waals surface area (Å²) in [5, 5.41) is 8.89. The summed E-state index contributed by atoms with van der Waals surface area (Å²) < 4.78 is 0. The largest absolute Gasteiger partial charge is 0.392 e. The van der Waals surface area contributed by atoms with E-state index in [0.29, 0.717) is 0 Å². The van der Waals surface area contributed by atoms with Gasteiger partial charge in [0, 0.05) is 0 Å². The lowest BCUT2D eigenvalue weighted by Gasteiger charge is -2.03. The standard InChI is InChI=1S/C12H16O/c1-3-11-6-4-5-7-12(11)8-10(2)9-13/h4-8,13H,3,9H2,1-2H3. The van der Waals surface area contributed by atoms with Gasteiger partial charge in [-0.05, 0) is 30.0 Å². The van der Waals surface area contributed by atoms with Gasteiger partial charge in [0.15, 0.2) is 0 Å². The summed E-state index contributed by atoms with van der Waals surface area (Å²) in [5.41, 5.74) is 3.55. The van der Waals surface area contributed by atoms with Gasteiger partial charge in [0.1, 0.15) is 0 Å². The molecule has 0 aromatic heterocycles. The van der Waals surface area contributed by atoms with E-state index in [9.17, 15) is 0 Å². The summed E-state index contributed by atoms with van der Waals surface area (Å²) in [4.78, 5) is 0. The number of aryl methyl sites for hydroxylation is 1. The highest BCUT2D eigenvalue weighted by molar-refractivity contribution is 5.56. The van der Waals surface area contributed by atoms with Crippen LogP contribution in [0.15, 0.2) is 29.8 Å². The van der Waals surface area contributed by atoms with Crippen LogP contribution in [-0.2, 0) is 6.42 Å². The second kappa shape index (κ2) is 4.83. The SMILES string of the molecule is CCc1ccccc1C=C(C)CO. The van der Waals surface area contributed by atoms with Crippen LogP contribution in [0.25, 0.3) is 6.08 Å². The lowest BCUT2D eigenvalue weighted by Crippen LogP contribution is -1.88. The maximum absolute atomic E-state index is 8.89. The van der Waals surface area contributed by atoms with E-state index in [4.69, 9.17) is 5.11 Å². The molecule has 0 saturated carbocycles. The Labute approximate surface area is 79.7 Å². The molecule has 0 heterocycles. The predicted octanol–water partition coefficient (Wildman–Crippen LogP) is 2.64. The smallest absolute Gasteiger partial charge is 0.0642 e. The number of hydrogen-bond donors (Lipinski definition) is 1. The minimum absolute atomic E-state index is 0.137. The van der Waals surface area contributed by atoms with Crippen LogP contribution in [0.4, 0.5) is 0 Å². The summed E-state index contributed by atoms with van der Waals surface area (Å²) in [6, 6.07) is 8.27. The van der Waals surface area contributed by atoms with Crippen LogP contribution in [0.2, 0.25) is 0 Å². The van der Waals surface area contributed by atoms with Crippen molar-refractivity contribution in [1.29, 1.82) is 0 Å². The van der Waals surface area contributed by atoms with Gasteiger partial charge in [0.25, 0.3) is 0 Å². The third kappa shape index (κ3) is 2.71. The highest BCUT2D eigenvalue weighted by Crippen LogP contribution is 2.13. The fraction of sp³-hybridized carbons (Fsp3) is 0.333. The maximum atomic E-state index is 8.89. The summed E-state index contributed by atoms with van der Waals surface area (Å²) in [6.07, 6.45) is 3.07. The van der Waals surface area contributed by atoms with Gasteiger partial charge in [-0.15, -0.1) is 0 Å². The summed E-state index contributed by atoms with van der Waals surface area (Å²) in [6.45, 7) is 4.21. The molecule has 70 valence electrons. The first kappa shape index (κ1) is 10.0. The van der Waals surface area contributed by atoms with Crippen LogP contribution in [0, 0.1) is 0 Å². The van der Waals surface area contributed by atoms with Crippen LogP contribution in [0.3, 0.4) is 0 Å². The zero-order valence-electron chi connectivity index (χ0n) is 8.25. The van der Waals surface area contributed by atoms with E-state index in [-0.39, 0.29) is 6.61 Å². The molecule has 0 amide bonds. The summed E-state index contributed by atoms with van der Waals surface area (Å²) in [5.74, 6) is 0. The van der Waals surface area contributed by atoms with Gasteiger partial charge < -0.3 is 5.11 Å². The normalized spacial score (nSPS) is 11.8. The quantitative estimate of drug-likeness (QED) is 0.750. The monoisotopic (exact) mass is 176 g/mol. The Morgan fingerprint density at radius 2 is 2.08 bits per heavy atom. The van der Waals surface area contributed by atoms with Gasteiger partial charge in [0.05, 0.1) is 6.61 Å². The van der Waals surface area contributed by atoms with Gasteiger partial charge in [-0.1, -0.05) is 37.3 Å². The van der Waals surface area contributed by atoms with Crippen molar-refractivity contribution in [3.8, 4) is 0 Å². The molecule has 0 atom stereocenters. The van der Waals surface area contributed by atoms with Crippen molar-refractivity contribution in [2.45, 2.75) is 20.3 Å². The van der Waals surface area contributed by atoms with Crippen LogP contribution in [0.5, 0.6) is 0 Å². The second-order valence-electron chi connectivity index (χ2n) is 3.20. The minimum atomic E-state index is 0.137. The molecular formula is C12H16O. The number of aliphatic hydroxyl groups is 1. The Balaban J connectivity index is 2.99. The molecule has 1 N–H and O–H groups in total.